The Kier molecular flexibility index (Phi) is 9.22. The summed E-state index contributed by atoms with van der Waals surface area (Å²) in [6.45, 7) is 5.21. The molecule has 8 nitrogen and oxygen atoms in total. The average molecular weight is 808 g/mol. The molecule has 14 heteroatoms. The maximum absolute atomic E-state index is 14.1. The number of pyridine rings is 1. The smallest absolute Gasteiger partial charge is 0.394 e. The monoisotopic (exact) mass is 808 g/mol. The summed E-state index contributed by atoms with van der Waals surface area (Å²) in [7, 11) is 3.61. The van der Waals surface area contributed by atoms with Gasteiger partial charge in [-0.25, -0.2) is 0 Å². The van der Waals surface area contributed by atoms with Crippen molar-refractivity contribution in [2.24, 2.45) is 0 Å². The summed E-state index contributed by atoms with van der Waals surface area (Å²) in [5, 5.41) is 8.06. The molecule has 0 unspecified atom stereocenters. The van der Waals surface area contributed by atoms with Crippen molar-refractivity contribution in [3.63, 3.8) is 0 Å². The van der Waals surface area contributed by atoms with Crippen molar-refractivity contribution in [2.75, 3.05) is 23.9 Å². The van der Waals surface area contributed by atoms with Gasteiger partial charge in [-0.15, -0.1) is 41.7 Å². The van der Waals surface area contributed by atoms with Crippen LogP contribution < -0.4 is 14.9 Å². The van der Waals surface area contributed by atoms with Crippen molar-refractivity contribution in [3.05, 3.63) is 128 Å². The van der Waals surface area contributed by atoms with Gasteiger partial charge >= 0.3 is 6.18 Å². The predicted molar refractivity (Wildman–Crippen MR) is 158 cm³/mol. The number of fused-ring (bicyclic) bond motifs is 1. The molecule has 0 spiro atoms. The molecule has 1 radical (unpaired) electrons. The van der Waals surface area contributed by atoms with E-state index < -0.39 is 23.4 Å². The van der Waals surface area contributed by atoms with Crippen LogP contribution in [0.1, 0.15) is 11.3 Å². The van der Waals surface area contributed by atoms with Gasteiger partial charge in [0, 0.05) is 54.8 Å². The van der Waals surface area contributed by atoms with E-state index in [-0.39, 0.29) is 25.7 Å². The van der Waals surface area contributed by atoms with Crippen molar-refractivity contribution in [1.29, 1.82) is 0 Å². The molecular formula is C32H24F5IrN8-5. The van der Waals surface area contributed by atoms with Gasteiger partial charge < -0.3 is 34.2 Å². The van der Waals surface area contributed by atoms with E-state index in [4.69, 9.17) is 0 Å². The SMILES string of the molecule is CN1C=CN(c2[c-]c(N3C=CN(C)[CH-]3)cc(C(F)(F)F)c2)[CH-]1.Cc1cc(-c2nc(-c3[c-]cc(F)cc3F)c3ccccn23)[n-]n1.[Ir]. The summed E-state index contributed by atoms with van der Waals surface area (Å²) < 4.78 is 68.5. The van der Waals surface area contributed by atoms with E-state index in [1.54, 1.807) is 82.3 Å². The largest absolute Gasteiger partial charge is 0.572 e. The summed E-state index contributed by atoms with van der Waals surface area (Å²) in [5.41, 5.74) is 2.53. The zero-order valence-electron chi connectivity index (χ0n) is 24.5. The number of alkyl halides is 3. The molecule has 2 aromatic carbocycles. The van der Waals surface area contributed by atoms with Crippen LogP contribution in [-0.4, -0.2) is 38.4 Å². The first kappa shape index (κ1) is 32.7. The second kappa shape index (κ2) is 13.0. The van der Waals surface area contributed by atoms with E-state index in [0.29, 0.717) is 34.1 Å². The Balaban J connectivity index is 0.000000178. The maximum atomic E-state index is 14.1. The molecule has 7 rings (SSSR count). The molecule has 0 N–H and O–H groups in total. The number of hydrogen-bond donors (Lipinski definition) is 0. The molecule has 241 valence electrons. The van der Waals surface area contributed by atoms with Gasteiger partial charge in [-0.2, -0.15) is 26.5 Å². The number of anilines is 2. The third-order valence-electron chi connectivity index (χ3n) is 6.80. The van der Waals surface area contributed by atoms with Gasteiger partial charge in [-0.1, -0.05) is 35.0 Å². The topological polar surface area (TPSA) is 57.2 Å². The fraction of sp³-hybridized carbons (Fsp3) is 0.125. The number of nitrogens with zero attached hydrogens (tertiary/aromatic N) is 8. The summed E-state index contributed by atoms with van der Waals surface area (Å²) in [5.74, 6) is -0.828. The van der Waals surface area contributed by atoms with Crippen LogP contribution in [0.15, 0.2) is 79.5 Å². The molecule has 2 aliphatic rings. The number of imidazole rings is 1. The predicted octanol–water partition coefficient (Wildman–Crippen LogP) is 6.59. The van der Waals surface area contributed by atoms with E-state index in [0.717, 1.165) is 30.0 Å². The van der Waals surface area contributed by atoms with E-state index in [9.17, 15) is 22.0 Å². The van der Waals surface area contributed by atoms with E-state index in [1.165, 1.54) is 0 Å². The third kappa shape index (κ3) is 6.77. The van der Waals surface area contributed by atoms with Gasteiger partial charge in [0.05, 0.1) is 0 Å². The summed E-state index contributed by atoms with van der Waals surface area (Å²) in [6.07, 6.45) is 4.28. The molecule has 5 heterocycles. The number of benzene rings is 2. The van der Waals surface area contributed by atoms with Crippen LogP contribution in [0.25, 0.3) is 28.3 Å². The standard InChI is InChI=1S/C17H10F2N4.C15H14F3N4.Ir/c1-10-8-14(22-21-10)17-20-16(15-4-2-3-7-23(15)17)12-6-5-11(18)9-13(12)19;1-19-3-5-21(10-19)13-7-12(15(16,17)18)8-14(9-13)22-6-4-20(2)11-22;/h2-5,7-9H,1H3;3-8,10-11H,1-2H3;/q-2;-3;. The van der Waals surface area contributed by atoms with Crippen LogP contribution in [0.4, 0.5) is 33.3 Å². The van der Waals surface area contributed by atoms with Crippen molar-refractivity contribution in [2.45, 2.75) is 13.1 Å². The third-order valence-corrected chi connectivity index (χ3v) is 6.80. The van der Waals surface area contributed by atoms with Gasteiger partial charge in [0.1, 0.15) is 5.82 Å². The Labute approximate surface area is 275 Å². The zero-order valence-corrected chi connectivity index (χ0v) is 26.9. The first-order valence-corrected chi connectivity index (χ1v) is 13.5. The minimum absolute atomic E-state index is 0. The molecule has 0 saturated heterocycles. The second-order valence-corrected chi connectivity index (χ2v) is 10.3. The summed E-state index contributed by atoms with van der Waals surface area (Å²) >= 11 is 0. The Morgan fingerprint density at radius 3 is 2.07 bits per heavy atom. The van der Waals surface area contributed by atoms with Gasteiger partial charge in [-0.3, -0.25) is 13.8 Å². The molecule has 5 aromatic rings. The zero-order chi connectivity index (χ0) is 31.9. The molecule has 46 heavy (non-hydrogen) atoms. The van der Waals surface area contributed by atoms with E-state index in [2.05, 4.69) is 27.3 Å². The first-order valence-electron chi connectivity index (χ1n) is 13.5. The number of aromatic nitrogens is 4. The molecular weight excluding hydrogens is 784 g/mol. The van der Waals surface area contributed by atoms with Crippen molar-refractivity contribution in [1.82, 2.24) is 29.4 Å². The summed E-state index contributed by atoms with van der Waals surface area (Å²) in [6, 6.07) is 17.0. The number of hydrogen-bond acceptors (Lipinski definition) is 6. The van der Waals surface area contributed by atoms with Crippen LogP contribution in [-0.2, 0) is 26.3 Å². The van der Waals surface area contributed by atoms with Crippen LogP contribution in [0.5, 0.6) is 0 Å². The molecule has 2 aliphatic heterocycles. The Hall–Kier alpha value is -4.68. The fourth-order valence-corrected chi connectivity index (χ4v) is 4.69. The van der Waals surface area contributed by atoms with Crippen molar-refractivity contribution in [3.8, 4) is 22.8 Å². The quantitative estimate of drug-likeness (QED) is 0.150. The Morgan fingerprint density at radius 1 is 0.891 bits per heavy atom. The molecule has 0 amide bonds. The molecule has 3 aromatic heterocycles. The van der Waals surface area contributed by atoms with Gasteiger partial charge in [-0.05, 0) is 58.0 Å². The Morgan fingerprint density at radius 2 is 1.54 bits per heavy atom. The molecule has 0 saturated carbocycles. The first-order chi connectivity index (χ1) is 21.5. The molecule has 0 aliphatic carbocycles. The number of rotatable bonds is 4. The van der Waals surface area contributed by atoms with Gasteiger partial charge in [0.25, 0.3) is 0 Å². The Bertz CT molecular complexity index is 1870. The second-order valence-electron chi connectivity index (χ2n) is 10.3. The summed E-state index contributed by atoms with van der Waals surface area (Å²) in [4.78, 5) is 11.2. The minimum Gasteiger partial charge on any atom is -0.572 e. The van der Waals surface area contributed by atoms with Crippen LogP contribution >= 0.6 is 0 Å². The van der Waals surface area contributed by atoms with E-state index >= 15 is 0 Å². The number of halogens is 5. The van der Waals surface area contributed by atoms with Gasteiger partial charge in [0.15, 0.2) is 0 Å². The van der Waals surface area contributed by atoms with Crippen LogP contribution in [0, 0.1) is 44.0 Å². The van der Waals surface area contributed by atoms with E-state index in [1.807, 2.05) is 31.3 Å². The van der Waals surface area contributed by atoms with Crippen LogP contribution in [0.2, 0.25) is 0 Å². The number of aryl methyl sites for hydroxylation is 1. The van der Waals surface area contributed by atoms with Crippen LogP contribution in [0.3, 0.4) is 0 Å². The maximum Gasteiger partial charge on any atom is 0.394 e. The fourth-order valence-electron chi connectivity index (χ4n) is 4.69. The molecule has 0 bridgehead atoms. The molecule has 0 atom stereocenters. The van der Waals surface area contributed by atoms with Crippen molar-refractivity contribution >= 4 is 16.9 Å². The minimum atomic E-state index is -4.41. The normalized spacial score (nSPS) is 14.3. The van der Waals surface area contributed by atoms with Crippen molar-refractivity contribution < 1.29 is 42.1 Å². The average Bonchev–Trinajstić information content (AvgIpc) is 3.80. The van der Waals surface area contributed by atoms with Gasteiger partial charge in [0.2, 0.25) is 0 Å². The molecule has 0 fully saturated rings.